The summed E-state index contributed by atoms with van der Waals surface area (Å²) in [6, 6.07) is 9.17. The minimum Gasteiger partial charge on any atom is -0.392 e. The molecule has 0 aromatic heterocycles. The van der Waals surface area contributed by atoms with E-state index < -0.39 is 0 Å². The highest BCUT2D eigenvalue weighted by Gasteiger charge is 2.43. The maximum absolute atomic E-state index is 12.5. The van der Waals surface area contributed by atoms with Crippen LogP contribution in [0.2, 0.25) is 0 Å². The van der Waals surface area contributed by atoms with E-state index in [4.69, 9.17) is 0 Å². The Hall–Kier alpha value is -1.91. The zero-order valence-corrected chi connectivity index (χ0v) is 21.3. The molecule has 0 aliphatic heterocycles. The molecule has 3 rings (SSSR count). The van der Waals surface area contributed by atoms with Gasteiger partial charge in [-0.3, -0.25) is 4.79 Å². The van der Waals surface area contributed by atoms with E-state index in [1.165, 1.54) is 16.7 Å². The molecule has 4 atom stereocenters. The highest BCUT2D eigenvalue weighted by atomic mass is 16.3. The summed E-state index contributed by atoms with van der Waals surface area (Å²) in [5.41, 5.74) is 4.18. The molecule has 0 heterocycles. The fourth-order valence-corrected chi connectivity index (χ4v) is 5.87. The van der Waals surface area contributed by atoms with Gasteiger partial charge in [-0.15, -0.1) is 0 Å². The third-order valence-electron chi connectivity index (χ3n) is 7.29. The van der Waals surface area contributed by atoms with E-state index in [2.05, 4.69) is 82.4 Å². The van der Waals surface area contributed by atoms with Crippen molar-refractivity contribution in [3.8, 4) is 0 Å². The molecule has 1 fully saturated rings. The number of allylic oxidation sites excluding steroid dienone is 2. The zero-order valence-electron chi connectivity index (χ0n) is 21.3. The normalized spacial score (nSPS) is 24.7. The van der Waals surface area contributed by atoms with E-state index in [1.807, 2.05) is 4.90 Å². The minimum atomic E-state index is -0.221. The fourth-order valence-electron chi connectivity index (χ4n) is 5.87. The number of amides is 1. The first-order chi connectivity index (χ1) is 15.8. The molecule has 4 nitrogen and oxygen atoms in total. The molecule has 0 radical (unpaired) electrons. The number of carbonyl (C=O) groups excluding carboxylic acids is 1. The van der Waals surface area contributed by atoms with Crippen LogP contribution in [-0.4, -0.2) is 47.2 Å². The van der Waals surface area contributed by atoms with Crippen LogP contribution in [0.4, 0.5) is 0 Å². The Balaban J connectivity index is 1.41. The number of hydrogen-bond acceptors (Lipinski definition) is 3. The highest BCUT2D eigenvalue weighted by molar-refractivity contribution is 5.78. The lowest BCUT2D eigenvalue weighted by Crippen LogP contribution is -2.46. The van der Waals surface area contributed by atoms with Gasteiger partial charge in [-0.05, 0) is 90.7 Å². The van der Waals surface area contributed by atoms with Gasteiger partial charge in [0.2, 0.25) is 5.91 Å². The van der Waals surface area contributed by atoms with Crippen LogP contribution < -0.4 is 5.32 Å². The van der Waals surface area contributed by atoms with Crippen LogP contribution in [0.15, 0.2) is 48.1 Å². The SMILES string of the molecule is Cc1cccc(CC/C=C/[C@@H]2[C@H]3CC(CCNCC(=O)N(C(C)C)C(C)C)=C[C@H]3C[C@H]2O)c1. The molecular formula is C29H44N2O2. The summed E-state index contributed by atoms with van der Waals surface area (Å²) in [6.45, 7) is 11.7. The second kappa shape index (κ2) is 12.0. The number of carbonyl (C=O) groups is 1. The van der Waals surface area contributed by atoms with Gasteiger partial charge >= 0.3 is 0 Å². The molecular weight excluding hydrogens is 408 g/mol. The predicted molar refractivity (Wildman–Crippen MR) is 137 cm³/mol. The first-order valence-corrected chi connectivity index (χ1v) is 12.9. The van der Waals surface area contributed by atoms with Crippen LogP contribution in [0.5, 0.6) is 0 Å². The van der Waals surface area contributed by atoms with Gasteiger partial charge in [-0.2, -0.15) is 0 Å². The van der Waals surface area contributed by atoms with E-state index in [-0.39, 0.29) is 30.0 Å². The minimum absolute atomic E-state index is 0.177. The van der Waals surface area contributed by atoms with Crippen LogP contribution in [-0.2, 0) is 11.2 Å². The average molecular weight is 453 g/mol. The molecule has 2 aliphatic rings. The van der Waals surface area contributed by atoms with Crippen molar-refractivity contribution >= 4 is 5.91 Å². The largest absolute Gasteiger partial charge is 0.392 e. The zero-order chi connectivity index (χ0) is 24.0. The molecule has 4 heteroatoms. The van der Waals surface area contributed by atoms with Gasteiger partial charge in [0.25, 0.3) is 0 Å². The molecule has 0 saturated heterocycles. The monoisotopic (exact) mass is 452 g/mol. The van der Waals surface area contributed by atoms with Crippen LogP contribution >= 0.6 is 0 Å². The maximum Gasteiger partial charge on any atom is 0.236 e. The molecule has 1 amide bonds. The molecule has 0 bridgehead atoms. The molecule has 1 aromatic rings. The maximum atomic E-state index is 12.5. The summed E-state index contributed by atoms with van der Waals surface area (Å²) >= 11 is 0. The molecule has 182 valence electrons. The number of benzene rings is 1. The van der Waals surface area contributed by atoms with Gasteiger partial charge in [0.1, 0.15) is 0 Å². The summed E-state index contributed by atoms with van der Waals surface area (Å²) in [7, 11) is 0. The summed E-state index contributed by atoms with van der Waals surface area (Å²) < 4.78 is 0. The Bertz CT molecular complexity index is 834. The van der Waals surface area contributed by atoms with E-state index in [0.717, 1.165) is 38.6 Å². The lowest BCUT2D eigenvalue weighted by atomic mass is 9.89. The van der Waals surface area contributed by atoms with E-state index in [0.29, 0.717) is 18.4 Å². The third kappa shape index (κ3) is 7.04. The summed E-state index contributed by atoms with van der Waals surface area (Å²) in [4.78, 5) is 14.5. The summed E-state index contributed by atoms with van der Waals surface area (Å²) in [5, 5.41) is 14.0. The Morgan fingerprint density at radius 2 is 1.97 bits per heavy atom. The second-order valence-electron chi connectivity index (χ2n) is 10.6. The Morgan fingerprint density at radius 3 is 2.67 bits per heavy atom. The molecule has 2 aliphatic carbocycles. The summed E-state index contributed by atoms with van der Waals surface area (Å²) in [6.07, 6.45) is 11.8. The quantitative estimate of drug-likeness (QED) is 0.365. The smallest absolute Gasteiger partial charge is 0.236 e. The van der Waals surface area contributed by atoms with Crippen molar-refractivity contribution in [2.45, 2.75) is 84.9 Å². The standard InChI is InChI=1S/C29H44N2O2/c1-20(2)31(21(3)4)29(33)19-30-14-13-24-16-25-18-28(32)26(27(25)17-24)12-7-6-10-23-11-8-9-22(5)15-23/h7-9,11-12,15-16,20-21,25-28,30,32H,6,10,13-14,17-19H2,1-5H3/b12-7+/t25-,26+,27-,28+/m0/s1. The van der Waals surface area contributed by atoms with Crippen molar-refractivity contribution in [1.82, 2.24) is 10.2 Å². The van der Waals surface area contributed by atoms with E-state index in [9.17, 15) is 9.90 Å². The van der Waals surface area contributed by atoms with Crippen molar-refractivity contribution < 1.29 is 9.90 Å². The van der Waals surface area contributed by atoms with Gasteiger partial charge in [0, 0.05) is 18.0 Å². The average Bonchev–Trinajstić information content (AvgIpc) is 3.25. The van der Waals surface area contributed by atoms with Crippen molar-refractivity contribution in [3.63, 3.8) is 0 Å². The number of aliphatic hydroxyl groups is 1. The topological polar surface area (TPSA) is 52.6 Å². The first kappa shape index (κ1) is 25.7. The molecule has 2 N–H and O–H groups in total. The summed E-state index contributed by atoms with van der Waals surface area (Å²) in [5.74, 6) is 1.47. The highest BCUT2D eigenvalue weighted by Crippen LogP contribution is 2.47. The Morgan fingerprint density at radius 1 is 1.21 bits per heavy atom. The first-order valence-electron chi connectivity index (χ1n) is 12.9. The Kier molecular flexibility index (Phi) is 9.34. The van der Waals surface area contributed by atoms with Gasteiger partial charge in [-0.1, -0.05) is 53.6 Å². The van der Waals surface area contributed by atoms with Crippen LogP contribution in [0.25, 0.3) is 0 Å². The Labute approximate surface area is 201 Å². The van der Waals surface area contributed by atoms with Gasteiger partial charge < -0.3 is 15.3 Å². The van der Waals surface area contributed by atoms with Crippen molar-refractivity contribution in [2.24, 2.45) is 17.8 Å². The number of fused-ring (bicyclic) bond motifs is 1. The number of rotatable bonds is 11. The lowest BCUT2D eigenvalue weighted by Gasteiger charge is -2.31. The van der Waals surface area contributed by atoms with Crippen molar-refractivity contribution in [2.75, 3.05) is 13.1 Å². The van der Waals surface area contributed by atoms with Gasteiger partial charge in [-0.25, -0.2) is 0 Å². The predicted octanol–water partition coefficient (Wildman–Crippen LogP) is 5.05. The van der Waals surface area contributed by atoms with Crippen LogP contribution in [0.3, 0.4) is 0 Å². The van der Waals surface area contributed by atoms with Crippen LogP contribution in [0.1, 0.15) is 64.5 Å². The number of nitrogens with one attached hydrogen (secondary N) is 1. The molecule has 0 unspecified atom stereocenters. The fraction of sp³-hybridized carbons (Fsp3) is 0.621. The van der Waals surface area contributed by atoms with Gasteiger partial charge in [0.15, 0.2) is 0 Å². The van der Waals surface area contributed by atoms with Crippen molar-refractivity contribution in [1.29, 1.82) is 0 Å². The second-order valence-corrected chi connectivity index (χ2v) is 10.6. The number of aliphatic hydroxyl groups excluding tert-OH is 1. The third-order valence-corrected chi connectivity index (χ3v) is 7.29. The number of hydrogen-bond donors (Lipinski definition) is 2. The van der Waals surface area contributed by atoms with Crippen LogP contribution in [0, 0.1) is 24.7 Å². The number of nitrogens with zero attached hydrogens (tertiary/aromatic N) is 1. The molecule has 33 heavy (non-hydrogen) atoms. The van der Waals surface area contributed by atoms with Gasteiger partial charge in [0.05, 0.1) is 12.6 Å². The van der Waals surface area contributed by atoms with E-state index >= 15 is 0 Å². The molecule has 1 aromatic carbocycles. The van der Waals surface area contributed by atoms with Crippen molar-refractivity contribution in [3.05, 3.63) is 59.2 Å². The molecule has 0 spiro atoms. The number of aryl methyl sites for hydroxylation is 2. The lowest BCUT2D eigenvalue weighted by molar-refractivity contribution is -0.133. The van der Waals surface area contributed by atoms with E-state index in [1.54, 1.807) is 0 Å². The molecule has 1 saturated carbocycles.